The second-order valence-electron chi connectivity index (χ2n) is 7.30. The van der Waals surface area contributed by atoms with Gasteiger partial charge in [0.05, 0.1) is 10.9 Å². The van der Waals surface area contributed by atoms with Gasteiger partial charge in [-0.3, -0.25) is 4.79 Å². The van der Waals surface area contributed by atoms with Gasteiger partial charge in [-0.05, 0) is 49.2 Å². The summed E-state index contributed by atoms with van der Waals surface area (Å²) in [5.74, 6) is 0.812. The highest BCUT2D eigenvalue weighted by molar-refractivity contribution is 7.89. The van der Waals surface area contributed by atoms with Crippen LogP contribution in [0.15, 0.2) is 53.6 Å². The fourth-order valence-electron chi connectivity index (χ4n) is 3.64. The Morgan fingerprint density at radius 3 is 2.36 bits per heavy atom. The monoisotopic (exact) mass is 400 g/mol. The molecule has 0 radical (unpaired) electrons. The van der Waals surface area contributed by atoms with E-state index >= 15 is 0 Å². The first-order chi connectivity index (χ1) is 13.5. The summed E-state index contributed by atoms with van der Waals surface area (Å²) in [6.07, 6.45) is 3.56. The number of carbonyl (C=O) groups excluding carboxylic acids is 1. The van der Waals surface area contributed by atoms with Gasteiger partial charge in [0.2, 0.25) is 10.0 Å². The van der Waals surface area contributed by atoms with E-state index in [9.17, 15) is 13.2 Å². The lowest BCUT2D eigenvalue weighted by atomic mass is 10.1. The largest absolute Gasteiger partial charge is 0.352 e. The molecule has 0 saturated carbocycles. The maximum atomic E-state index is 12.8. The molecule has 2 fully saturated rings. The second-order valence-corrected chi connectivity index (χ2v) is 9.24. The van der Waals surface area contributed by atoms with Crippen LogP contribution in [0.4, 0.5) is 5.82 Å². The Balaban J connectivity index is 1.40. The molecular formula is C20H24N4O3S. The van der Waals surface area contributed by atoms with Crippen molar-refractivity contribution in [3.8, 4) is 0 Å². The van der Waals surface area contributed by atoms with E-state index in [4.69, 9.17) is 0 Å². The molecule has 1 aromatic heterocycles. The van der Waals surface area contributed by atoms with Gasteiger partial charge in [-0.25, -0.2) is 13.4 Å². The fraction of sp³-hybridized carbons (Fsp3) is 0.400. The fourth-order valence-corrected chi connectivity index (χ4v) is 5.16. The van der Waals surface area contributed by atoms with Gasteiger partial charge >= 0.3 is 0 Å². The Bertz CT molecular complexity index is 935. The van der Waals surface area contributed by atoms with Gasteiger partial charge in [0.1, 0.15) is 5.82 Å². The lowest BCUT2D eigenvalue weighted by Gasteiger charge is -2.44. The quantitative estimate of drug-likeness (QED) is 0.766. The van der Waals surface area contributed by atoms with Crippen molar-refractivity contribution in [3.05, 3.63) is 54.2 Å². The lowest BCUT2D eigenvalue weighted by molar-refractivity contribution is 0.0705. The molecular weight excluding hydrogens is 376 g/mol. The van der Waals surface area contributed by atoms with Crippen molar-refractivity contribution in [1.29, 1.82) is 0 Å². The third-order valence-electron chi connectivity index (χ3n) is 5.51. The molecule has 7 nitrogen and oxygen atoms in total. The van der Waals surface area contributed by atoms with Crippen LogP contribution in [0.1, 0.15) is 23.2 Å². The molecule has 28 heavy (non-hydrogen) atoms. The van der Waals surface area contributed by atoms with Crippen LogP contribution in [0.2, 0.25) is 0 Å². The molecule has 0 N–H and O–H groups in total. The zero-order chi connectivity index (χ0) is 19.7. The van der Waals surface area contributed by atoms with Crippen LogP contribution in [0.3, 0.4) is 0 Å². The van der Waals surface area contributed by atoms with Crippen LogP contribution in [-0.4, -0.2) is 67.8 Å². The van der Waals surface area contributed by atoms with E-state index < -0.39 is 10.0 Å². The van der Waals surface area contributed by atoms with Gasteiger partial charge in [-0.1, -0.05) is 6.07 Å². The average Bonchev–Trinajstić information content (AvgIpc) is 3.23. The van der Waals surface area contributed by atoms with Crippen LogP contribution in [-0.2, 0) is 10.0 Å². The molecule has 2 aliphatic rings. The maximum absolute atomic E-state index is 12.8. The predicted octanol–water partition coefficient (Wildman–Crippen LogP) is 1.83. The van der Waals surface area contributed by atoms with E-state index in [1.807, 2.05) is 18.2 Å². The SMILES string of the molecule is CN(C(=O)c1ccc(S(=O)(=O)N2CCCC2)cc1)C1CN(c2ccccn2)C1. The van der Waals surface area contributed by atoms with E-state index in [1.165, 1.54) is 16.4 Å². The van der Waals surface area contributed by atoms with Crippen molar-refractivity contribution >= 4 is 21.7 Å². The molecule has 1 aromatic carbocycles. The van der Waals surface area contributed by atoms with Crippen molar-refractivity contribution in [2.45, 2.75) is 23.8 Å². The van der Waals surface area contributed by atoms with Crippen molar-refractivity contribution in [1.82, 2.24) is 14.2 Å². The summed E-state index contributed by atoms with van der Waals surface area (Å²) in [5.41, 5.74) is 0.499. The highest BCUT2D eigenvalue weighted by Gasteiger charge is 2.33. The van der Waals surface area contributed by atoms with E-state index in [1.54, 1.807) is 30.3 Å². The van der Waals surface area contributed by atoms with Gasteiger partial charge in [-0.15, -0.1) is 0 Å². The molecule has 1 amide bonds. The molecule has 0 spiro atoms. The first-order valence-electron chi connectivity index (χ1n) is 9.50. The Labute approximate surface area is 165 Å². The van der Waals surface area contributed by atoms with Gasteiger partial charge in [0.25, 0.3) is 5.91 Å². The third kappa shape index (κ3) is 3.49. The Hall–Kier alpha value is -2.45. The molecule has 3 heterocycles. The number of amides is 1. The van der Waals surface area contributed by atoms with Crippen LogP contribution < -0.4 is 4.90 Å². The van der Waals surface area contributed by atoms with Gasteiger partial charge < -0.3 is 9.80 Å². The number of sulfonamides is 1. The maximum Gasteiger partial charge on any atom is 0.253 e. The first kappa shape index (κ1) is 18.9. The molecule has 0 aliphatic carbocycles. The predicted molar refractivity (Wildman–Crippen MR) is 107 cm³/mol. The number of aromatic nitrogens is 1. The van der Waals surface area contributed by atoms with Gasteiger partial charge in [0, 0.05) is 45.0 Å². The van der Waals surface area contributed by atoms with Crippen molar-refractivity contribution < 1.29 is 13.2 Å². The van der Waals surface area contributed by atoms with Gasteiger partial charge in [-0.2, -0.15) is 4.31 Å². The lowest BCUT2D eigenvalue weighted by Crippen LogP contribution is -2.60. The molecule has 2 aliphatic heterocycles. The molecule has 2 aromatic rings. The average molecular weight is 401 g/mol. The minimum Gasteiger partial charge on any atom is -0.352 e. The van der Waals surface area contributed by atoms with E-state index in [-0.39, 0.29) is 16.8 Å². The van der Waals surface area contributed by atoms with Crippen molar-refractivity contribution in [2.75, 3.05) is 38.1 Å². The van der Waals surface area contributed by atoms with Crippen LogP contribution in [0, 0.1) is 0 Å². The summed E-state index contributed by atoms with van der Waals surface area (Å²) < 4.78 is 26.7. The van der Waals surface area contributed by atoms with Gasteiger partial charge in [0.15, 0.2) is 0 Å². The Morgan fingerprint density at radius 1 is 1.07 bits per heavy atom. The summed E-state index contributed by atoms with van der Waals surface area (Å²) in [4.78, 5) is 21.2. The summed E-state index contributed by atoms with van der Waals surface area (Å²) in [7, 11) is -1.67. The standard InChI is InChI=1S/C20H24N4O3S/c1-22(17-14-23(15-17)19-6-2-3-11-21-19)20(25)16-7-9-18(10-8-16)28(26,27)24-12-4-5-13-24/h2-3,6-11,17H,4-5,12-15H2,1H3. The zero-order valence-corrected chi connectivity index (χ0v) is 16.7. The first-order valence-corrected chi connectivity index (χ1v) is 10.9. The summed E-state index contributed by atoms with van der Waals surface area (Å²) in [5, 5.41) is 0. The molecule has 4 rings (SSSR count). The number of likely N-dealkylation sites (N-methyl/N-ethyl adjacent to an activating group) is 1. The molecule has 8 heteroatoms. The molecule has 0 unspecified atom stereocenters. The highest BCUT2D eigenvalue weighted by atomic mass is 32.2. The third-order valence-corrected chi connectivity index (χ3v) is 7.42. The smallest absolute Gasteiger partial charge is 0.253 e. The van der Waals surface area contributed by atoms with E-state index in [0.29, 0.717) is 18.7 Å². The molecule has 0 bridgehead atoms. The van der Waals surface area contributed by atoms with Crippen LogP contribution >= 0.6 is 0 Å². The van der Waals surface area contributed by atoms with Crippen molar-refractivity contribution in [3.63, 3.8) is 0 Å². The molecule has 2 saturated heterocycles. The van der Waals surface area contributed by atoms with Crippen LogP contribution in [0.25, 0.3) is 0 Å². The minimum atomic E-state index is -3.45. The number of hydrogen-bond acceptors (Lipinski definition) is 5. The molecule has 148 valence electrons. The number of anilines is 1. The summed E-state index contributed by atoms with van der Waals surface area (Å²) in [6, 6.07) is 12.2. The number of nitrogens with zero attached hydrogens (tertiary/aromatic N) is 4. The molecule has 0 atom stereocenters. The van der Waals surface area contributed by atoms with Crippen LogP contribution in [0.5, 0.6) is 0 Å². The number of rotatable bonds is 5. The van der Waals surface area contributed by atoms with E-state index in [2.05, 4.69) is 9.88 Å². The number of benzene rings is 1. The van der Waals surface area contributed by atoms with E-state index in [0.717, 1.165) is 31.7 Å². The minimum absolute atomic E-state index is 0.101. The number of hydrogen-bond donors (Lipinski definition) is 0. The number of carbonyl (C=O) groups is 1. The number of pyridine rings is 1. The van der Waals surface area contributed by atoms with Crippen molar-refractivity contribution in [2.24, 2.45) is 0 Å². The second kappa shape index (κ2) is 7.52. The zero-order valence-electron chi connectivity index (χ0n) is 15.9. The highest BCUT2D eigenvalue weighted by Crippen LogP contribution is 2.24. The Kier molecular flexibility index (Phi) is 5.07. The topological polar surface area (TPSA) is 73.8 Å². The summed E-state index contributed by atoms with van der Waals surface area (Å²) in [6.45, 7) is 2.61. The Morgan fingerprint density at radius 2 is 1.75 bits per heavy atom. The normalized spacial score (nSPS) is 18.1. The summed E-state index contributed by atoms with van der Waals surface area (Å²) >= 11 is 0.